The zero-order valence-corrected chi connectivity index (χ0v) is 13.1. The van der Waals surface area contributed by atoms with Crippen LogP contribution in [0.1, 0.15) is 19.3 Å². The van der Waals surface area contributed by atoms with Gasteiger partial charge in [0.1, 0.15) is 0 Å². The second-order valence-electron chi connectivity index (χ2n) is 5.46. The molecule has 0 radical (unpaired) electrons. The van der Waals surface area contributed by atoms with Gasteiger partial charge in [-0.2, -0.15) is 4.31 Å². The molecule has 1 aromatic heterocycles. The zero-order chi connectivity index (χ0) is 15.0. The first-order valence-electron chi connectivity index (χ1n) is 7.03. The SMILES string of the molecule is O=S1(=O)CCCN1C1CCN(c2ncc(Cl)cc2F)CC1. The molecule has 2 aliphatic heterocycles. The Kier molecular flexibility index (Phi) is 4.07. The van der Waals surface area contributed by atoms with E-state index in [0.29, 0.717) is 44.7 Å². The number of hydrogen-bond acceptors (Lipinski definition) is 4. The summed E-state index contributed by atoms with van der Waals surface area (Å²) in [4.78, 5) is 5.89. The molecule has 0 unspecified atom stereocenters. The molecule has 0 aliphatic carbocycles. The van der Waals surface area contributed by atoms with Gasteiger partial charge in [0.2, 0.25) is 10.0 Å². The normalized spacial score (nSPS) is 23.6. The zero-order valence-electron chi connectivity index (χ0n) is 11.5. The van der Waals surface area contributed by atoms with E-state index in [1.807, 2.05) is 4.90 Å². The highest BCUT2D eigenvalue weighted by Gasteiger charge is 2.36. The molecule has 21 heavy (non-hydrogen) atoms. The maximum atomic E-state index is 13.9. The van der Waals surface area contributed by atoms with Gasteiger partial charge in [-0.05, 0) is 25.3 Å². The summed E-state index contributed by atoms with van der Waals surface area (Å²) in [6.45, 7) is 1.81. The van der Waals surface area contributed by atoms with Gasteiger partial charge >= 0.3 is 0 Å². The summed E-state index contributed by atoms with van der Waals surface area (Å²) in [6, 6.07) is 1.28. The molecule has 0 atom stereocenters. The van der Waals surface area contributed by atoms with Crippen molar-refractivity contribution in [1.29, 1.82) is 0 Å². The van der Waals surface area contributed by atoms with Gasteiger partial charge in [0.15, 0.2) is 11.6 Å². The highest BCUT2D eigenvalue weighted by atomic mass is 35.5. The second kappa shape index (κ2) is 5.70. The van der Waals surface area contributed by atoms with Crippen LogP contribution in [-0.4, -0.2) is 49.1 Å². The Morgan fingerprint density at radius 1 is 1.29 bits per heavy atom. The summed E-state index contributed by atoms with van der Waals surface area (Å²) in [5.74, 6) is 0.109. The lowest BCUT2D eigenvalue weighted by molar-refractivity contribution is 0.289. The van der Waals surface area contributed by atoms with Crippen LogP contribution in [0, 0.1) is 5.82 Å². The van der Waals surface area contributed by atoms with Crippen LogP contribution < -0.4 is 4.90 Å². The molecule has 3 heterocycles. The number of halogens is 2. The predicted octanol–water partition coefficient (Wildman–Crippen LogP) is 1.88. The number of sulfonamides is 1. The first-order valence-corrected chi connectivity index (χ1v) is 9.01. The number of rotatable bonds is 2. The van der Waals surface area contributed by atoms with Crippen LogP contribution in [0.4, 0.5) is 10.2 Å². The third-order valence-corrected chi connectivity index (χ3v) is 6.30. The summed E-state index contributed by atoms with van der Waals surface area (Å²) in [6.07, 6.45) is 3.53. The fourth-order valence-corrected chi connectivity index (χ4v) is 5.02. The van der Waals surface area contributed by atoms with Gasteiger partial charge in [-0.25, -0.2) is 17.8 Å². The minimum atomic E-state index is -3.07. The Labute approximate surface area is 128 Å². The summed E-state index contributed by atoms with van der Waals surface area (Å²) in [5, 5.41) is 0.272. The first kappa shape index (κ1) is 15.0. The molecule has 2 fully saturated rings. The smallest absolute Gasteiger partial charge is 0.214 e. The molecule has 0 N–H and O–H groups in total. The summed E-state index contributed by atoms with van der Waals surface area (Å²) < 4.78 is 39.3. The van der Waals surface area contributed by atoms with Crippen molar-refractivity contribution >= 4 is 27.4 Å². The van der Waals surface area contributed by atoms with Gasteiger partial charge in [0.05, 0.1) is 10.8 Å². The number of aromatic nitrogens is 1. The Balaban J connectivity index is 1.68. The number of nitrogens with zero attached hydrogens (tertiary/aromatic N) is 3. The maximum Gasteiger partial charge on any atom is 0.214 e. The van der Waals surface area contributed by atoms with Crippen LogP contribution in [-0.2, 0) is 10.0 Å². The molecule has 0 saturated carbocycles. The van der Waals surface area contributed by atoms with Gasteiger partial charge in [0, 0.05) is 31.9 Å². The maximum absolute atomic E-state index is 13.9. The molecular weight excluding hydrogens is 317 g/mol. The highest BCUT2D eigenvalue weighted by molar-refractivity contribution is 7.89. The second-order valence-corrected chi connectivity index (χ2v) is 7.93. The summed E-state index contributed by atoms with van der Waals surface area (Å²) >= 11 is 5.70. The van der Waals surface area contributed by atoms with Crippen LogP contribution in [0.25, 0.3) is 0 Å². The van der Waals surface area contributed by atoms with E-state index < -0.39 is 15.8 Å². The van der Waals surface area contributed by atoms with Crippen LogP contribution in [0.3, 0.4) is 0 Å². The quantitative estimate of drug-likeness (QED) is 0.829. The molecule has 1 aromatic rings. The molecule has 0 amide bonds. The molecule has 0 aromatic carbocycles. The molecule has 116 valence electrons. The Bertz CT molecular complexity index is 632. The van der Waals surface area contributed by atoms with E-state index in [2.05, 4.69) is 4.98 Å². The van der Waals surface area contributed by atoms with Crippen molar-refractivity contribution in [1.82, 2.24) is 9.29 Å². The molecule has 2 saturated heterocycles. The van der Waals surface area contributed by atoms with Crippen LogP contribution in [0.2, 0.25) is 5.02 Å². The van der Waals surface area contributed by atoms with Crippen molar-refractivity contribution < 1.29 is 12.8 Å². The monoisotopic (exact) mass is 333 g/mol. The lowest BCUT2D eigenvalue weighted by Crippen LogP contribution is -2.46. The van der Waals surface area contributed by atoms with Crippen LogP contribution in [0.15, 0.2) is 12.3 Å². The number of hydrogen-bond donors (Lipinski definition) is 0. The average molecular weight is 334 g/mol. The number of piperidine rings is 1. The first-order chi connectivity index (χ1) is 9.97. The standard InChI is InChI=1S/C13H17ClFN3O2S/c14-10-8-12(15)13(16-9-10)17-5-2-11(3-6-17)18-4-1-7-21(18,19)20/h8-9,11H,1-7H2. The van der Waals surface area contributed by atoms with Gasteiger partial charge in [0.25, 0.3) is 0 Å². The Morgan fingerprint density at radius 2 is 2.00 bits per heavy atom. The molecule has 8 heteroatoms. The molecule has 5 nitrogen and oxygen atoms in total. The van der Waals surface area contributed by atoms with E-state index in [1.54, 1.807) is 4.31 Å². The number of pyridine rings is 1. The number of anilines is 1. The molecular formula is C13H17ClFN3O2S. The minimum absolute atomic E-state index is 0.0316. The van der Waals surface area contributed by atoms with Gasteiger partial charge < -0.3 is 4.90 Å². The average Bonchev–Trinajstić information content (AvgIpc) is 2.79. The lowest BCUT2D eigenvalue weighted by atomic mass is 10.0. The van der Waals surface area contributed by atoms with E-state index in [1.165, 1.54) is 12.3 Å². The fourth-order valence-electron chi connectivity index (χ4n) is 3.07. The van der Waals surface area contributed by atoms with Crippen molar-refractivity contribution in [3.63, 3.8) is 0 Å². The molecule has 2 aliphatic rings. The van der Waals surface area contributed by atoms with E-state index >= 15 is 0 Å². The minimum Gasteiger partial charge on any atom is -0.354 e. The van der Waals surface area contributed by atoms with E-state index in [-0.39, 0.29) is 16.8 Å². The van der Waals surface area contributed by atoms with E-state index in [0.717, 1.165) is 0 Å². The predicted molar refractivity (Wildman–Crippen MR) is 79.5 cm³/mol. The Hall–Kier alpha value is -0.920. The van der Waals surface area contributed by atoms with Crippen molar-refractivity contribution in [2.24, 2.45) is 0 Å². The third-order valence-electron chi connectivity index (χ3n) is 4.10. The van der Waals surface area contributed by atoms with E-state index in [9.17, 15) is 12.8 Å². The van der Waals surface area contributed by atoms with Crippen molar-refractivity contribution in [3.05, 3.63) is 23.1 Å². The van der Waals surface area contributed by atoms with E-state index in [4.69, 9.17) is 11.6 Å². The molecule has 0 bridgehead atoms. The topological polar surface area (TPSA) is 53.5 Å². The largest absolute Gasteiger partial charge is 0.354 e. The van der Waals surface area contributed by atoms with Gasteiger partial charge in [-0.1, -0.05) is 11.6 Å². The van der Waals surface area contributed by atoms with Crippen LogP contribution >= 0.6 is 11.6 Å². The highest BCUT2D eigenvalue weighted by Crippen LogP contribution is 2.28. The van der Waals surface area contributed by atoms with Crippen molar-refractivity contribution in [3.8, 4) is 0 Å². The molecule has 3 rings (SSSR count). The third kappa shape index (κ3) is 3.00. The summed E-state index contributed by atoms with van der Waals surface area (Å²) in [7, 11) is -3.07. The lowest BCUT2D eigenvalue weighted by Gasteiger charge is -2.36. The van der Waals surface area contributed by atoms with Crippen molar-refractivity contribution in [2.75, 3.05) is 30.3 Å². The van der Waals surface area contributed by atoms with Crippen LogP contribution in [0.5, 0.6) is 0 Å². The van der Waals surface area contributed by atoms with Gasteiger partial charge in [-0.15, -0.1) is 0 Å². The Morgan fingerprint density at radius 3 is 2.57 bits per heavy atom. The fraction of sp³-hybridized carbons (Fsp3) is 0.615. The van der Waals surface area contributed by atoms with Gasteiger partial charge in [-0.3, -0.25) is 0 Å². The van der Waals surface area contributed by atoms with Crippen molar-refractivity contribution in [2.45, 2.75) is 25.3 Å². The molecule has 0 spiro atoms. The summed E-state index contributed by atoms with van der Waals surface area (Å²) in [5.41, 5.74) is 0.